The molecule has 0 amide bonds. The van der Waals surface area contributed by atoms with Gasteiger partial charge in [-0.2, -0.15) is 0 Å². The largest absolute Gasteiger partial charge is 0.497 e. The van der Waals surface area contributed by atoms with E-state index in [4.69, 9.17) is 21.1 Å². The topological polar surface area (TPSA) is 18.5 Å². The molecule has 0 radical (unpaired) electrons. The molecule has 0 spiro atoms. The Labute approximate surface area is 127 Å². The lowest BCUT2D eigenvalue weighted by Crippen LogP contribution is -2.11. The lowest BCUT2D eigenvalue weighted by molar-refractivity contribution is 0.355. The van der Waals surface area contributed by atoms with Crippen LogP contribution in [-0.4, -0.2) is 14.2 Å². The van der Waals surface area contributed by atoms with E-state index in [1.54, 1.807) is 14.2 Å². The fourth-order valence-corrected chi connectivity index (χ4v) is 3.51. The van der Waals surface area contributed by atoms with Crippen LogP contribution in [0.3, 0.4) is 0 Å². The number of rotatable bonds is 4. The summed E-state index contributed by atoms with van der Waals surface area (Å²) in [6.07, 6.45) is 9.12. The van der Waals surface area contributed by atoms with Crippen LogP contribution in [0.25, 0.3) is 0 Å². The van der Waals surface area contributed by atoms with Gasteiger partial charge in [0.25, 0.3) is 0 Å². The summed E-state index contributed by atoms with van der Waals surface area (Å²) in [6.45, 7) is 0. The number of benzene rings is 1. The van der Waals surface area contributed by atoms with Crippen LogP contribution >= 0.6 is 11.6 Å². The Morgan fingerprint density at radius 3 is 2.25 bits per heavy atom. The van der Waals surface area contributed by atoms with E-state index in [0.29, 0.717) is 5.92 Å². The zero-order valence-corrected chi connectivity index (χ0v) is 13.3. The lowest BCUT2D eigenvalue weighted by Gasteiger charge is -2.26. The van der Waals surface area contributed by atoms with E-state index in [1.807, 2.05) is 18.2 Å². The van der Waals surface area contributed by atoms with Crippen LogP contribution in [0.1, 0.15) is 55.9 Å². The molecule has 1 aliphatic rings. The number of halogens is 1. The Morgan fingerprint density at radius 2 is 1.65 bits per heavy atom. The predicted octanol–water partition coefficient (Wildman–Crippen LogP) is 5.34. The molecular weight excluding hydrogens is 272 g/mol. The van der Waals surface area contributed by atoms with Crippen molar-refractivity contribution in [2.45, 2.75) is 50.3 Å². The molecule has 2 nitrogen and oxygen atoms in total. The molecule has 1 unspecified atom stereocenters. The predicted molar refractivity (Wildman–Crippen MR) is 83.9 cm³/mol. The van der Waals surface area contributed by atoms with Crippen LogP contribution in [0.4, 0.5) is 0 Å². The van der Waals surface area contributed by atoms with E-state index in [0.717, 1.165) is 17.1 Å². The Kier molecular flexibility index (Phi) is 6.03. The number of ether oxygens (including phenoxy) is 2. The summed E-state index contributed by atoms with van der Waals surface area (Å²) < 4.78 is 10.7. The first-order chi connectivity index (χ1) is 9.76. The molecule has 1 saturated carbocycles. The highest BCUT2D eigenvalue weighted by Crippen LogP contribution is 2.42. The van der Waals surface area contributed by atoms with Crippen molar-refractivity contribution < 1.29 is 9.47 Å². The normalized spacial score (nSPS) is 18.9. The van der Waals surface area contributed by atoms with Gasteiger partial charge in [0.1, 0.15) is 11.5 Å². The first-order valence-corrected chi connectivity index (χ1v) is 8.06. The van der Waals surface area contributed by atoms with Crippen LogP contribution < -0.4 is 9.47 Å². The van der Waals surface area contributed by atoms with Crippen LogP contribution in [0.2, 0.25) is 0 Å². The van der Waals surface area contributed by atoms with E-state index in [-0.39, 0.29) is 5.38 Å². The van der Waals surface area contributed by atoms with Crippen molar-refractivity contribution >= 4 is 11.6 Å². The number of hydrogen-bond donors (Lipinski definition) is 0. The summed E-state index contributed by atoms with van der Waals surface area (Å²) >= 11 is 6.77. The zero-order valence-electron chi connectivity index (χ0n) is 12.5. The van der Waals surface area contributed by atoms with Gasteiger partial charge in [0.2, 0.25) is 0 Å². The van der Waals surface area contributed by atoms with E-state index >= 15 is 0 Å². The molecular formula is C17H25ClO2. The van der Waals surface area contributed by atoms with E-state index in [1.165, 1.54) is 44.9 Å². The summed E-state index contributed by atoms with van der Waals surface area (Å²) in [4.78, 5) is 0. The van der Waals surface area contributed by atoms with Crippen molar-refractivity contribution in [1.82, 2.24) is 0 Å². The van der Waals surface area contributed by atoms with Gasteiger partial charge in [-0.3, -0.25) is 0 Å². The van der Waals surface area contributed by atoms with Crippen LogP contribution in [-0.2, 0) is 0 Å². The van der Waals surface area contributed by atoms with E-state index < -0.39 is 0 Å². The summed E-state index contributed by atoms with van der Waals surface area (Å²) in [5, 5.41) is 0.0361. The molecule has 1 aliphatic carbocycles. The smallest absolute Gasteiger partial charge is 0.127 e. The third-order valence-corrected chi connectivity index (χ3v) is 4.89. The molecule has 0 N–H and O–H groups in total. The summed E-state index contributed by atoms with van der Waals surface area (Å²) in [6, 6.07) is 5.94. The second kappa shape index (κ2) is 7.78. The van der Waals surface area contributed by atoms with Gasteiger partial charge < -0.3 is 9.47 Å². The molecule has 20 heavy (non-hydrogen) atoms. The third kappa shape index (κ3) is 3.82. The highest BCUT2D eigenvalue weighted by atomic mass is 35.5. The van der Waals surface area contributed by atoms with Crippen molar-refractivity contribution in [3.8, 4) is 11.5 Å². The Balaban J connectivity index is 2.15. The lowest BCUT2D eigenvalue weighted by atomic mass is 9.86. The van der Waals surface area contributed by atoms with Crippen LogP contribution in [0.15, 0.2) is 18.2 Å². The molecule has 0 heterocycles. The highest BCUT2D eigenvalue weighted by molar-refractivity contribution is 6.21. The van der Waals surface area contributed by atoms with Gasteiger partial charge in [-0.15, -0.1) is 11.6 Å². The standard InChI is InChI=1S/C17H25ClO2/c1-19-14-10-11-15(16(12-14)20-2)17(18)13-8-6-4-3-5-7-9-13/h10-13,17H,3-9H2,1-2H3. The monoisotopic (exact) mass is 296 g/mol. The first-order valence-electron chi connectivity index (χ1n) is 7.62. The summed E-state index contributed by atoms with van der Waals surface area (Å²) in [7, 11) is 3.36. The minimum atomic E-state index is 0.0361. The van der Waals surface area contributed by atoms with Crippen LogP contribution in [0.5, 0.6) is 11.5 Å². The fraction of sp³-hybridized carbons (Fsp3) is 0.647. The van der Waals surface area contributed by atoms with Gasteiger partial charge in [0, 0.05) is 11.6 Å². The van der Waals surface area contributed by atoms with Crippen molar-refractivity contribution in [1.29, 1.82) is 0 Å². The minimum absolute atomic E-state index is 0.0361. The molecule has 0 bridgehead atoms. The SMILES string of the molecule is COc1ccc(C(Cl)C2CCCCCCC2)c(OC)c1. The van der Waals surface area contributed by atoms with Crippen molar-refractivity contribution in [3.05, 3.63) is 23.8 Å². The van der Waals surface area contributed by atoms with Crippen molar-refractivity contribution in [3.63, 3.8) is 0 Å². The van der Waals surface area contributed by atoms with Crippen molar-refractivity contribution in [2.24, 2.45) is 5.92 Å². The number of methoxy groups -OCH3 is 2. The Bertz CT molecular complexity index is 411. The van der Waals surface area contributed by atoms with Crippen LogP contribution in [0, 0.1) is 5.92 Å². The minimum Gasteiger partial charge on any atom is -0.497 e. The molecule has 3 heteroatoms. The molecule has 0 aliphatic heterocycles. The molecule has 2 rings (SSSR count). The van der Waals surface area contributed by atoms with Crippen molar-refractivity contribution in [2.75, 3.05) is 14.2 Å². The van der Waals surface area contributed by atoms with Gasteiger partial charge in [0.15, 0.2) is 0 Å². The average Bonchev–Trinajstić information content (AvgIpc) is 2.45. The number of hydrogen-bond acceptors (Lipinski definition) is 2. The average molecular weight is 297 g/mol. The highest BCUT2D eigenvalue weighted by Gasteiger charge is 2.24. The van der Waals surface area contributed by atoms with E-state index in [2.05, 4.69) is 0 Å². The second-order valence-electron chi connectivity index (χ2n) is 5.61. The third-order valence-electron chi connectivity index (χ3n) is 4.30. The van der Waals surface area contributed by atoms with Gasteiger partial charge in [-0.1, -0.05) is 38.2 Å². The second-order valence-corrected chi connectivity index (χ2v) is 6.09. The molecule has 1 aromatic carbocycles. The van der Waals surface area contributed by atoms with Gasteiger partial charge >= 0.3 is 0 Å². The van der Waals surface area contributed by atoms with Gasteiger partial charge in [-0.25, -0.2) is 0 Å². The molecule has 1 atom stereocenters. The van der Waals surface area contributed by atoms with Gasteiger partial charge in [-0.05, 0) is 24.8 Å². The maximum absolute atomic E-state index is 6.77. The van der Waals surface area contributed by atoms with E-state index in [9.17, 15) is 0 Å². The molecule has 0 saturated heterocycles. The first kappa shape index (κ1) is 15.5. The summed E-state index contributed by atoms with van der Waals surface area (Å²) in [5.74, 6) is 2.21. The molecule has 1 aromatic rings. The maximum Gasteiger partial charge on any atom is 0.127 e. The van der Waals surface area contributed by atoms with Gasteiger partial charge in [0.05, 0.1) is 19.6 Å². The maximum atomic E-state index is 6.77. The summed E-state index contributed by atoms with van der Waals surface area (Å²) in [5.41, 5.74) is 1.10. The zero-order chi connectivity index (χ0) is 14.4. The quantitative estimate of drug-likeness (QED) is 0.698. The Morgan fingerprint density at radius 1 is 1.00 bits per heavy atom. The molecule has 1 fully saturated rings. The number of alkyl halides is 1. The molecule has 112 valence electrons. The Hall–Kier alpha value is -0.890. The fourth-order valence-electron chi connectivity index (χ4n) is 3.08. The molecule has 0 aromatic heterocycles.